The summed E-state index contributed by atoms with van der Waals surface area (Å²) in [5.74, 6) is 1.25. The number of ether oxygens (including phenoxy) is 5. The maximum absolute atomic E-state index is 12.8. The quantitative estimate of drug-likeness (QED) is 0.230. The lowest BCUT2D eigenvalue weighted by Gasteiger charge is -2.26. The first-order valence-corrected chi connectivity index (χ1v) is 13.6. The number of methoxy groups -OCH3 is 2. The first-order valence-electron chi connectivity index (χ1n) is 13.6. The molecule has 212 valence electrons. The molecule has 4 aromatic carbocycles. The van der Waals surface area contributed by atoms with E-state index in [-0.39, 0.29) is 13.0 Å². The van der Waals surface area contributed by atoms with Crippen molar-refractivity contribution in [1.29, 1.82) is 0 Å². The van der Waals surface area contributed by atoms with Crippen LogP contribution in [-0.4, -0.2) is 37.5 Å². The van der Waals surface area contributed by atoms with Gasteiger partial charge >= 0.3 is 5.97 Å². The van der Waals surface area contributed by atoms with Crippen LogP contribution in [0.3, 0.4) is 0 Å². The summed E-state index contributed by atoms with van der Waals surface area (Å²) in [5, 5.41) is 11.6. The number of benzene rings is 4. The Labute approximate surface area is 240 Å². The molecule has 0 aromatic heterocycles. The van der Waals surface area contributed by atoms with Gasteiger partial charge in [-0.15, -0.1) is 0 Å². The van der Waals surface area contributed by atoms with Crippen LogP contribution in [0.15, 0.2) is 97.1 Å². The van der Waals surface area contributed by atoms with E-state index in [4.69, 9.17) is 23.7 Å². The molecule has 4 aromatic rings. The molecule has 0 bridgehead atoms. The fourth-order valence-electron chi connectivity index (χ4n) is 5.02. The van der Waals surface area contributed by atoms with Crippen molar-refractivity contribution >= 4 is 5.97 Å². The molecular formula is C34H34O7. The third-order valence-corrected chi connectivity index (χ3v) is 7.33. The summed E-state index contributed by atoms with van der Waals surface area (Å²) in [7, 11) is 3.16. The summed E-state index contributed by atoms with van der Waals surface area (Å²) in [6.07, 6.45) is 0.508. The van der Waals surface area contributed by atoms with Gasteiger partial charge in [-0.25, -0.2) is 4.79 Å². The zero-order valence-corrected chi connectivity index (χ0v) is 23.2. The van der Waals surface area contributed by atoms with E-state index in [0.717, 1.165) is 22.3 Å². The van der Waals surface area contributed by atoms with Crippen LogP contribution >= 0.6 is 0 Å². The van der Waals surface area contributed by atoms with Gasteiger partial charge in [-0.05, 0) is 52.9 Å². The largest absolute Gasteiger partial charge is 0.493 e. The molecule has 0 aliphatic carbocycles. The highest BCUT2D eigenvalue weighted by molar-refractivity contribution is 5.82. The second-order valence-electron chi connectivity index (χ2n) is 10.1. The highest BCUT2D eigenvalue weighted by Gasteiger charge is 2.51. The van der Waals surface area contributed by atoms with Crippen LogP contribution < -0.4 is 18.9 Å². The van der Waals surface area contributed by atoms with E-state index in [2.05, 4.69) is 0 Å². The Hall–Kier alpha value is -4.49. The number of aliphatic hydroxyl groups is 1. The lowest BCUT2D eigenvalue weighted by atomic mass is 9.81. The zero-order chi connectivity index (χ0) is 28.7. The van der Waals surface area contributed by atoms with Crippen LogP contribution in [0.5, 0.6) is 23.0 Å². The number of hydrogen-bond acceptors (Lipinski definition) is 7. The number of hydrogen-bond donors (Lipinski definition) is 1. The monoisotopic (exact) mass is 554 g/mol. The SMILES string of the molecule is COc1cc(C[C@H]2COC(=O)[C@]2(O)Cc2ccc(OCc3ccccc3)c(OC)c2)ccc1OCc1ccccc1. The number of esters is 1. The minimum absolute atomic E-state index is 0.0846. The van der Waals surface area contributed by atoms with Crippen molar-refractivity contribution in [2.45, 2.75) is 31.7 Å². The molecule has 1 aliphatic rings. The first-order chi connectivity index (χ1) is 20.0. The Morgan fingerprint density at radius 1 is 0.707 bits per heavy atom. The van der Waals surface area contributed by atoms with E-state index >= 15 is 0 Å². The number of rotatable bonds is 12. The molecule has 7 heteroatoms. The molecule has 2 atom stereocenters. The molecule has 5 rings (SSSR count). The molecule has 1 fully saturated rings. The normalized spacial score (nSPS) is 18.0. The maximum Gasteiger partial charge on any atom is 0.338 e. The molecule has 41 heavy (non-hydrogen) atoms. The standard InChI is InChI=1S/C34H34O7/c1-37-31-18-26(13-15-29(31)39-21-24-9-5-3-6-10-24)17-28-23-41-33(35)34(28,36)20-27-14-16-30(32(19-27)38-2)40-22-25-11-7-4-8-12-25/h3-16,18-19,28,36H,17,20-23H2,1-2H3/t28-,34-/m0/s1. The summed E-state index contributed by atoms with van der Waals surface area (Å²) in [6, 6.07) is 30.8. The number of carbonyl (C=O) groups excluding carboxylic acids is 1. The number of carbonyl (C=O) groups is 1. The molecule has 1 heterocycles. The average Bonchev–Trinajstić information content (AvgIpc) is 3.28. The van der Waals surface area contributed by atoms with Crippen molar-refractivity contribution in [3.63, 3.8) is 0 Å². The van der Waals surface area contributed by atoms with Gasteiger partial charge in [0.1, 0.15) is 13.2 Å². The topological polar surface area (TPSA) is 83.5 Å². The van der Waals surface area contributed by atoms with Crippen molar-refractivity contribution in [2.75, 3.05) is 20.8 Å². The smallest absolute Gasteiger partial charge is 0.338 e. The van der Waals surface area contributed by atoms with Crippen LogP contribution in [0.2, 0.25) is 0 Å². The lowest BCUT2D eigenvalue weighted by Crippen LogP contribution is -2.44. The van der Waals surface area contributed by atoms with Gasteiger partial charge in [0.2, 0.25) is 0 Å². The molecular weight excluding hydrogens is 520 g/mol. The van der Waals surface area contributed by atoms with Gasteiger partial charge in [0.25, 0.3) is 0 Å². The predicted octanol–water partition coefficient (Wildman–Crippen LogP) is 5.55. The van der Waals surface area contributed by atoms with E-state index in [9.17, 15) is 9.90 Å². The lowest BCUT2D eigenvalue weighted by molar-refractivity contribution is -0.154. The van der Waals surface area contributed by atoms with Gasteiger partial charge in [0.05, 0.1) is 20.8 Å². The van der Waals surface area contributed by atoms with Crippen LogP contribution in [0.25, 0.3) is 0 Å². The predicted molar refractivity (Wildman–Crippen MR) is 154 cm³/mol. The van der Waals surface area contributed by atoms with Crippen LogP contribution in [0.1, 0.15) is 22.3 Å². The minimum atomic E-state index is -1.69. The third-order valence-electron chi connectivity index (χ3n) is 7.33. The van der Waals surface area contributed by atoms with Crippen molar-refractivity contribution in [1.82, 2.24) is 0 Å². The van der Waals surface area contributed by atoms with Gasteiger partial charge < -0.3 is 28.8 Å². The Morgan fingerprint density at radius 3 is 1.76 bits per heavy atom. The minimum Gasteiger partial charge on any atom is -0.493 e. The molecule has 1 aliphatic heterocycles. The summed E-state index contributed by atoms with van der Waals surface area (Å²) in [6.45, 7) is 0.939. The number of cyclic esters (lactones) is 1. The van der Waals surface area contributed by atoms with Crippen LogP contribution in [0.4, 0.5) is 0 Å². The molecule has 0 saturated carbocycles. The van der Waals surface area contributed by atoms with E-state index in [1.807, 2.05) is 84.9 Å². The molecule has 0 amide bonds. The fourth-order valence-corrected chi connectivity index (χ4v) is 5.02. The Kier molecular flexibility index (Phi) is 8.75. The van der Waals surface area contributed by atoms with Gasteiger partial charge in [0.15, 0.2) is 28.6 Å². The van der Waals surface area contributed by atoms with E-state index < -0.39 is 17.5 Å². The average molecular weight is 555 g/mol. The van der Waals surface area contributed by atoms with E-state index in [0.29, 0.717) is 42.6 Å². The Bertz CT molecular complexity index is 1450. The molecule has 0 spiro atoms. The van der Waals surface area contributed by atoms with Crippen molar-refractivity contribution in [3.05, 3.63) is 119 Å². The van der Waals surface area contributed by atoms with Crippen molar-refractivity contribution in [2.24, 2.45) is 5.92 Å². The molecule has 7 nitrogen and oxygen atoms in total. The highest BCUT2D eigenvalue weighted by Crippen LogP contribution is 2.37. The van der Waals surface area contributed by atoms with Crippen molar-refractivity contribution in [3.8, 4) is 23.0 Å². The highest BCUT2D eigenvalue weighted by atomic mass is 16.6. The molecule has 1 saturated heterocycles. The second-order valence-corrected chi connectivity index (χ2v) is 10.1. The second kappa shape index (κ2) is 12.8. The van der Waals surface area contributed by atoms with Gasteiger partial charge in [0, 0.05) is 12.3 Å². The first kappa shape index (κ1) is 28.1. The summed E-state index contributed by atoms with van der Waals surface area (Å²) in [4.78, 5) is 12.8. The Morgan fingerprint density at radius 2 is 1.22 bits per heavy atom. The van der Waals surface area contributed by atoms with Gasteiger partial charge in [-0.3, -0.25) is 0 Å². The molecule has 0 radical (unpaired) electrons. The van der Waals surface area contributed by atoms with Gasteiger partial charge in [-0.2, -0.15) is 0 Å². The molecule has 0 unspecified atom stereocenters. The summed E-state index contributed by atoms with van der Waals surface area (Å²) >= 11 is 0. The van der Waals surface area contributed by atoms with Crippen molar-refractivity contribution < 1.29 is 33.6 Å². The molecule has 1 N–H and O–H groups in total. The fraction of sp³-hybridized carbons (Fsp3) is 0.265. The Balaban J connectivity index is 1.27. The summed E-state index contributed by atoms with van der Waals surface area (Å²) < 4.78 is 28.4. The van der Waals surface area contributed by atoms with Crippen LogP contribution in [0, 0.1) is 5.92 Å². The van der Waals surface area contributed by atoms with Gasteiger partial charge in [-0.1, -0.05) is 72.8 Å². The van der Waals surface area contributed by atoms with E-state index in [1.54, 1.807) is 26.4 Å². The third kappa shape index (κ3) is 6.64. The zero-order valence-electron chi connectivity index (χ0n) is 23.2. The van der Waals surface area contributed by atoms with E-state index in [1.165, 1.54) is 0 Å². The summed E-state index contributed by atoms with van der Waals surface area (Å²) in [5.41, 5.74) is 2.04. The van der Waals surface area contributed by atoms with Crippen LogP contribution in [-0.2, 0) is 35.6 Å². The maximum atomic E-state index is 12.8.